The molecule has 0 aliphatic rings. The lowest BCUT2D eigenvalue weighted by Crippen LogP contribution is -2.38. The van der Waals surface area contributed by atoms with Crippen molar-refractivity contribution in [3.63, 3.8) is 0 Å². The van der Waals surface area contributed by atoms with Crippen molar-refractivity contribution in [3.05, 3.63) is 33.9 Å². The number of nitrogens with zero attached hydrogens (tertiary/aromatic N) is 2. The second kappa shape index (κ2) is 5.26. The predicted octanol–water partition coefficient (Wildman–Crippen LogP) is 1.34. The number of benzene rings is 1. The van der Waals surface area contributed by atoms with E-state index in [1.165, 1.54) is 32.0 Å². The van der Waals surface area contributed by atoms with Crippen LogP contribution in [0.1, 0.15) is 12.5 Å². The highest BCUT2D eigenvalue weighted by atomic mass is 16.6. The Morgan fingerprint density at radius 3 is 2.61 bits per heavy atom. The van der Waals surface area contributed by atoms with E-state index in [2.05, 4.69) is 0 Å². The molecule has 0 fully saturated rings. The summed E-state index contributed by atoms with van der Waals surface area (Å²) >= 11 is 0. The highest BCUT2D eigenvalue weighted by molar-refractivity contribution is 5.90. The molecule has 1 aromatic rings. The summed E-state index contributed by atoms with van der Waals surface area (Å²) in [5, 5.41) is 19.8. The number of nitro groups is 1. The van der Waals surface area contributed by atoms with E-state index in [4.69, 9.17) is 5.11 Å². The number of nitro benzene ring substituents is 1. The van der Waals surface area contributed by atoms with Crippen LogP contribution in [0.3, 0.4) is 0 Å². The second-order valence-corrected chi connectivity index (χ2v) is 3.73. The number of hydrogen-bond acceptors (Lipinski definition) is 4. The van der Waals surface area contributed by atoms with Gasteiger partial charge in [0.1, 0.15) is 11.7 Å². The molecule has 7 nitrogen and oxygen atoms in total. The van der Waals surface area contributed by atoms with E-state index >= 15 is 0 Å². The van der Waals surface area contributed by atoms with Gasteiger partial charge in [0.15, 0.2) is 0 Å². The number of rotatable bonds is 5. The summed E-state index contributed by atoms with van der Waals surface area (Å²) in [6.07, 6.45) is 0.278. The molecule has 0 saturated heterocycles. The number of amides is 1. The van der Waals surface area contributed by atoms with E-state index in [0.29, 0.717) is 5.56 Å². The van der Waals surface area contributed by atoms with Crippen LogP contribution in [0.5, 0.6) is 0 Å². The summed E-state index contributed by atoms with van der Waals surface area (Å²) in [5.41, 5.74) is 0.0736. The maximum absolute atomic E-state index is 11.0. The van der Waals surface area contributed by atoms with Gasteiger partial charge in [0, 0.05) is 5.56 Å². The summed E-state index contributed by atoms with van der Waals surface area (Å²) in [5.74, 6) is -1.24. The quantitative estimate of drug-likeness (QED) is 0.484. The van der Waals surface area contributed by atoms with E-state index in [-0.39, 0.29) is 17.8 Å². The van der Waals surface area contributed by atoms with Gasteiger partial charge in [-0.15, -0.1) is 0 Å². The monoisotopic (exact) mass is 252 g/mol. The summed E-state index contributed by atoms with van der Waals surface area (Å²) in [6, 6.07) is 3.22. The molecule has 0 aliphatic heterocycles. The normalized spacial score (nSPS) is 11.7. The van der Waals surface area contributed by atoms with Crippen molar-refractivity contribution >= 4 is 23.8 Å². The number of carbonyl (C=O) groups is 2. The molecule has 0 aliphatic carbocycles. The number of carboxylic acids is 1. The molecule has 7 heteroatoms. The van der Waals surface area contributed by atoms with E-state index < -0.39 is 16.9 Å². The van der Waals surface area contributed by atoms with Gasteiger partial charge in [-0.1, -0.05) is 12.1 Å². The van der Waals surface area contributed by atoms with Crippen molar-refractivity contribution in [3.8, 4) is 0 Å². The molecular formula is C11H12N2O5. The topological polar surface area (TPSA) is 101 Å². The minimum absolute atomic E-state index is 0.0232. The molecule has 0 heterocycles. The summed E-state index contributed by atoms with van der Waals surface area (Å²) in [6.45, 7) is 2.80. The van der Waals surface area contributed by atoms with Gasteiger partial charge in [-0.25, -0.2) is 4.79 Å². The van der Waals surface area contributed by atoms with Gasteiger partial charge < -0.3 is 5.11 Å². The standard InChI is InChI=1S/C11H12N2O5/c1-7-4-3-5-9(10(7)13(17)18)12(6-14)8(2)11(15)16/h3-6,8H,1-2H3,(H,15,16). The molecule has 1 rings (SSSR count). The van der Waals surface area contributed by atoms with Gasteiger partial charge in [0.2, 0.25) is 6.41 Å². The Morgan fingerprint density at radius 2 is 2.17 bits per heavy atom. The molecule has 1 atom stereocenters. The minimum atomic E-state index is -1.24. The van der Waals surface area contributed by atoms with E-state index in [0.717, 1.165) is 4.90 Å². The van der Waals surface area contributed by atoms with Crippen LogP contribution in [0.4, 0.5) is 11.4 Å². The molecule has 1 N–H and O–H groups in total. The van der Waals surface area contributed by atoms with Crippen LogP contribution in [0.2, 0.25) is 0 Å². The molecule has 0 spiro atoms. The Hall–Kier alpha value is -2.44. The molecular weight excluding hydrogens is 240 g/mol. The number of carbonyl (C=O) groups excluding carboxylic acids is 1. The Labute approximate surface area is 103 Å². The molecule has 0 aromatic heterocycles. The third kappa shape index (κ3) is 2.45. The summed E-state index contributed by atoms with van der Waals surface area (Å²) in [4.78, 5) is 33.0. The smallest absolute Gasteiger partial charge is 0.326 e. The number of aliphatic carboxylic acids is 1. The maximum Gasteiger partial charge on any atom is 0.326 e. The van der Waals surface area contributed by atoms with Gasteiger partial charge in [0.05, 0.1) is 4.92 Å². The van der Waals surface area contributed by atoms with Gasteiger partial charge >= 0.3 is 5.97 Å². The summed E-state index contributed by atoms with van der Waals surface area (Å²) < 4.78 is 0. The fourth-order valence-corrected chi connectivity index (χ4v) is 1.57. The third-order valence-electron chi connectivity index (χ3n) is 2.57. The molecule has 96 valence electrons. The van der Waals surface area contributed by atoms with Crippen molar-refractivity contribution in [2.24, 2.45) is 0 Å². The van der Waals surface area contributed by atoms with Crippen LogP contribution >= 0.6 is 0 Å². The van der Waals surface area contributed by atoms with Crippen LogP contribution in [0.15, 0.2) is 18.2 Å². The summed E-state index contributed by atoms with van der Waals surface area (Å²) in [7, 11) is 0. The van der Waals surface area contributed by atoms with E-state index in [9.17, 15) is 19.7 Å². The maximum atomic E-state index is 11.0. The number of aryl methyl sites for hydroxylation is 1. The lowest BCUT2D eigenvalue weighted by Gasteiger charge is -2.21. The number of carboxylic acid groups (broad SMARTS) is 1. The highest BCUT2D eigenvalue weighted by Gasteiger charge is 2.28. The van der Waals surface area contributed by atoms with Crippen LogP contribution in [0, 0.1) is 17.0 Å². The zero-order valence-corrected chi connectivity index (χ0v) is 9.86. The van der Waals surface area contributed by atoms with Crippen molar-refractivity contribution in [2.75, 3.05) is 4.90 Å². The average Bonchev–Trinajstić information content (AvgIpc) is 2.29. The zero-order chi connectivity index (χ0) is 13.9. The Kier molecular flexibility index (Phi) is 3.98. The van der Waals surface area contributed by atoms with Crippen LogP contribution in [-0.2, 0) is 9.59 Å². The third-order valence-corrected chi connectivity index (χ3v) is 2.57. The minimum Gasteiger partial charge on any atom is -0.480 e. The van der Waals surface area contributed by atoms with E-state index in [1.807, 2.05) is 0 Å². The molecule has 1 amide bonds. The Balaban J connectivity index is 3.38. The average molecular weight is 252 g/mol. The van der Waals surface area contributed by atoms with Gasteiger partial charge in [-0.05, 0) is 19.9 Å². The first-order valence-corrected chi connectivity index (χ1v) is 5.10. The van der Waals surface area contributed by atoms with Crippen molar-refractivity contribution < 1.29 is 19.6 Å². The second-order valence-electron chi connectivity index (χ2n) is 3.73. The lowest BCUT2D eigenvalue weighted by atomic mass is 10.1. The SMILES string of the molecule is Cc1cccc(N(C=O)C(C)C(=O)O)c1[N+](=O)[O-]. The largest absolute Gasteiger partial charge is 0.480 e. The van der Waals surface area contributed by atoms with Crippen molar-refractivity contribution in [1.29, 1.82) is 0 Å². The first kappa shape index (κ1) is 13.6. The van der Waals surface area contributed by atoms with Gasteiger partial charge in [-0.3, -0.25) is 19.8 Å². The first-order chi connectivity index (χ1) is 8.40. The van der Waals surface area contributed by atoms with Gasteiger partial charge in [0.25, 0.3) is 5.69 Å². The van der Waals surface area contributed by atoms with Crippen molar-refractivity contribution in [1.82, 2.24) is 0 Å². The molecule has 0 radical (unpaired) electrons. The lowest BCUT2D eigenvalue weighted by molar-refractivity contribution is -0.384. The van der Waals surface area contributed by atoms with Crippen LogP contribution in [-0.4, -0.2) is 28.5 Å². The predicted molar refractivity (Wildman–Crippen MR) is 63.5 cm³/mol. The number of para-hydroxylation sites is 1. The fourth-order valence-electron chi connectivity index (χ4n) is 1.57. The van der Waals surface area contributed by atoms with E-state index in [1.54, 1.807) is 0 Å². The number of anilines is 1. The Bertz CT molecular complexity index is 500. The zero-order valence-electron chi connectivity index (χ0n) is 9.86. The molecule has 1 unspecified atom stereocenters. The van der Waals surface area contributed by atoms with Gasteiger partial charge in [-0.2, -0.15) is 0 Å². The highest BCUT2D eigenvalue weighted by Crippen LogP contribution is 2.31. The van der Waals surface area contributed by atoms with Crippen LogP contribution in [0.25, 0.3) is 0 Å². The van der Waals surface area contributed by atoms with Crippen molar-refractivity contribution in [2.45, 2.75) is 19.9 Å². The number of hydrogen-bond donors (Lipinski definition) is 1. The Morgan fingerprint density at radius 1 is 1.56 bits per heavy atom. The molecule has 0 bridgehead atoms. The molecule has 0 saturated carbocycles. The fraction of sp³-hybridized carbons (Fsp3) is 0.273. The first-order valence-electron chi connectivity index (χ1n) is 5.10. The molecule has 18 heavy (non-hydrogen) atoms. The molecule has 1 aromatic carbocycles. The van der Waals surface area contributed by atoms with Crippen LogP contribution < -0.4 is 4.90 Å².